The molecule has 1 unspecified atom stereocenters. The van der Waals surface area contributed by atoms with Gasteiger partial charge in [0, 0.05) is 5.56 Å². The average Bonchev–Trinajstić information content (AvgIpc) is 3.54. The SMILES string of the molecule is COc1ccc2nc(N3C(=O)C(=O)/C(=C(/O)c4ccc(F)cc4)C3c3ccc(OCc4ccccc4)cc3)sc2c1. The van der Waals surface area contributed by atoms with E-state index in [1.165, 1.54) is 40.5 Å². The average molecular weight is 567 g/mol. The Labute approximate surface area is 238 Å². The fourth-order valence-corrected chi connectivity index (χ4v) is 5.74. The van der Waals surface area contributed by atoms with Crippen LogP contribution in [0.15, 0.2) is 103 Å². The minimum Gasteiger partial charge on any atom is -0.507 e. The molecule has 0 spiro atoms. The Morgan fingerprint density at radius 3 is 2.37 bits per heavy atom. The van der Waals surface area contributed by atoms with Crippen LogP contribution < -0.4 is 14.4 Å². The van der Waals surface area contributed by atoms with Gasteiger partial charge in [0.25, 0.3) is 5.78 Å². The molecular weight excluding hydrogens is 543 g/mol. The summed E-state index contributed by atoms with van der Waals surface area (Å²) in [5.74, 6) is -1.35. The van der Waals surface area contributed by atoms with Crippen LogP contribution in [-0.2, 0) is 16.2 Å². The number of aliphatic hydroxyl groups is 1. The Morgan fingerprint density at radius 1 is 0.951 bits per heavy atom. The molecule has 1 saturated heterocycles. The smallest absolute Gasteiger partial charge is 0.301 e. The molecule has 1 aliphatic heterocycles. The number of rotatable bonds is 7. The van der Waals surface area contributed by atoms with Gasteiger partial charge in [-0.2, -0.15) is 0 Å². The van der Waals surface area contributed by atoms with Crippen molar-refractivity contribution in [1.82, 2.24) is 4.98 Å². The third-order valence-corrected chi connectivity index (χ3v) is 7.81. The number of benzene rings is 4. The fraction of sp³-hybridized carbons (Fsp3) is 0.0938. The molecular formula is C32H23FN2O5S. The Morgan fingerprint density at radius 2 is 1.66 bits per heavy atom. The number of fused-ring (bicyclic) bond motifs is 1. The lowest BCUT2D eigenvalue weighted by molar-refractivity contribution is -0.132. The number of nitrogens with zero attached hydrogens (tertiary/aromatic N) is 2. The number of hydrogen-bond donors (Lipinski definition) is 1. The molecule has 0 aliphatic carbocycles. The fourth-order valence-electron chi connectivity index (χ4n) is 4.72. The normalized spacial score (nSPS) is 16.3. The van der Waals surface area contributed by atoms with Crippen molar-refractivity contribution in [3.05, 3.63) is 125 Å². The topological polar surface area (TPSA) is 89.0 Å². The van der Waals surface area contributed by atoms with Gasteiger partial charge < -0.3 is 14.6 Å². The van der Waals surface area contributed by atoms with Crippen molar-refractivity contribution in [1.29, 1.82) is 0 Å². The lowest BCUT2D eigenvalue weighted by atomic mass is 9.95. The number of thiazole rings is 1. The summed E-state index contributed by atoms with van der Waals surface area (Å²) in [4.78, 5) is 32.9. The molecule has 0 bridgehead atoms. The van der Waals surface area contributed by atoms with Gasteiger partial charge in [-0.3, -0.25) is 14.5 Å². The first kappa shape index (κ1) is 26.2. The lowest BCUT2D eigenvalue weighted by Gasteiger charge is -2.23. The van der Waals surface area contributed by atoms with Crippen LogP contribution in [-0.4, -0.2) is 28.9 Å². The van der Waals surface area contributed by atoms with E-state index in [0.29, 0.717) is 34.3 Å². The second-order valence-electron chi connectivity index (χ2n) is 9.35. The molecule has 1 fully saturated rings. The zero-order valence-corrected chi connectivity index (χ0v) is 22.6. The first-order valence-electron chi connectivity index (χ1n) is 12.7. The van der Waals surface area contributed by atoms with Gasteiger partial charge in [-0.25, -0.2) is 9.37 Å². The Balaban J connectivity index is 1.43. The van der Waals surface area contributed by atoms with E-state index in [1.807, 2.05) is 30.3 Å². The van der Waals surface area contributed by atoms with E-state index < -0.39 is 29.3 Å². The highest BCUT2D eigenvalue weighted by Gasteiger charge is 2.48. The van der Waals surface area contributed by atoms with Crippen LogP contribution in [0.4, 0.5) is 9.52 Å². The van der Waals surface area contributed by atoms with Gasteiger partial charge in [0.2, 0.25) is 0 Å². The Bertz CT molecular complexity index is 1780. The van der Waals surface area contributed by atoms with E-state index in [2.05, 4.69) is 4.98 Å². The number of amides is 1. The van der Waals surface area contributed by atoms with Crippen LogP contribution in [0.25, 0.3) is 16.0 Å². The van der Waals surface area contributed by atoms with Gasteiger partial charge in [0.15, 0.2) is 5.13 Å². The maximum atomic E-state index is 13.6. The van der Waals surface area contributed by atoms with Crippen molar-refractivity contribution in [2.45, 2.75) is 12.6 Å². The van der Waals surface area contributed by atoms with Crippen molar-refractivity contribution in [3.8, 4) is 11.5 Å². The molecule has 7 nitrogen and oxygen atoms in total. The largest absolute Gasteiger partial charge is 0.507 e. The number of carbonyl (C=O) groups is 2. The van der Waals surface area contributed by atoms with E-state index >= 15 is 0 Å². The number of aliphatic hydroxyl groups excluding tert-OH is 1. The summed E-state index contributed by atoms with van der Waals surface area (Å²) < 4.78 is 25.6. The molecule has 1 aromatic heterocycles. The summed E-state index contributed by atoms with van der Waals surface area (Å²) in [5.41, 5.74) is 2.31. The summed E-state index contributed by atoms with van der Waals surface area (Å²) in [6, 6.07) is 26.2. The van der Waals surface area contributed by atoms with E-state index in [-0.39, 0.29) is 11.1 Å². The maximum absolute atomic E-state index is 13.6. The second kappa shape index (κ2) is 10.9. The van der Waals surface area contributed by atoms with Crippen LogP contribution in [0.2, 0.25) is 0 Å². The highest BCUT2D eigenvalue weighted by Crippen LogP contribution is 2.45. The van der Waals surface area contributed by atoms with E-state index in [9.17, 15) is 19.1 Å². The number of methoxy groups -OCH3 is 1. The van der Waals surface area contributed by atoms with Gasteiger partial charge in [-0.05, 0) is 65.7 Å². The first-order valence-corrected chi connectivity index (χ1v) is 13.5. The Hall–Kier alpha value is -5.02. The van der Waals surface area contributed by atoms with Crippen LogP contribution in [0.1, 0.15) is 22.7 Å². The van der Waals surface area contributed by atoms with Crippen LogP contribution in [0.5, 0.6) is 11.5 Å². The van der Waals surface area contributed by atoms with E-state index in [4.69, 9.17) is 9.47 Å². The number of aromatic nitrogens is 1. The molecule has 0 radical (unpaired) electrons. The number of hydrogen-bond acceptors (Lipinski definition) is 7. The van der Waals surface area contributed by atoms with Gasteiger partial charge in [-0.15, -0.1) is 0 Å². The van der Waals surface area contributed by atoms with E-state index in [1.54, 1.807) is 49.6 Å². The zero-order chi connectivity index (χ0) is 28.5. The predicted molar refractivity (Wildman–Crippen MR) is 155 cm³/mol. The maximum Gasteiger partial charge on any atom is 0.301 e. The van der Waals surface area contributed by atoms with Crippen LogP contribution >= 0.6 is 11.3 Å². The third-order valence-electron chi connectivity index (χ3n) is 6.80. The lowest BCUT2D eigenvalue weighted by Crippen LogP contribution is -2.29. The number of anilines is 1. The minimum atomic E-state index is -0.981. The molecule has 0 saturated carbocycles. The molecule has 1 atom stereocenters. The van der Waals surface area contributed by atoms with Crippen molar-refractivity contribution in [3.63, 3.8) is 0 Å². The number of Topliss-reactive ketones (excluding diaryl/α,β-unsaturated/α-hetero) is 1. The molecule has 1 N–H and O–H groups in total. The number of carbonyl (C=O) groups excluding carboxylic acids is 2. The van der Waals surface area contributed by atoms with Gasteiger partial charge in [0.05, 0.1) is 28.9 Å². The summed E-state index contributed by atoms with van der Waals surface area (Å²) in [7, 11) is 1.56. The molecule has 2 heterocycles. The highest BCUT2D eigenvalue weighted by atomic mass is 32.1. The predicted octanol–water partition coefficient (Wildman–Crippen LogP) is 6.65. The molecule has 9 heteroatoms. The van der Waals surface area contributed by atoms with Crippen molar-refractivity contribution < 1.29 is 28.6 Å². The first-order chi connectivity index (χ1) is 19.9. The minimum absolute atomic E-state index is 0.114. The van der Waals surface area contributed by atoms with Crippen molar-refractivity contribution >= 4 is 44.1 Å². The monoisotopic (exact) mass is 566 g/mol. The molecule has 5 aromatic rings. The molecule has 6 rings (SSSR count). The molecule has 1 amide bonds. The Kier molecular flexibility index (Phi) is 6.94. The molecule has 204 valence electrons. The zero-order valence-electron chi connectivity index (χ0n) is 21.8. The number of ketones is 1. The van der Waals surface area contributed by atoms with Gasteiger partial charge in [-0.1, -0.05) is 53.8 Å². The van der Waals surface area contributed by atoms with Crippen molar-refractivity contribution in [2.24, 2.45) is 0 Å². The summed E-state index contributed by atoms with van der Waals surface area (Å²) >= 11 is 1.23. The van der Waals surface area contributed by atoms with Crippen LogP contribution in [0, 0.1) is 5.82 Å². The molecule has 1 aliphatic rings. The van der Waals surface area contributed by atoms with Crippen molar-refractivity contribution in [2.75, 3.05) is 12.0 Å². The second-order valence-corrected chi connectivity index (χ2v) is 10.4. The van der Waals surface area contributed by atoms with Gasteiger partial charge in [0.1, 0.15) is 29.7 Å². The summed E-state index contributed by atoms with van der Waals surface area (Å²) in [6.07, 6.45) is 0. The standard InChI is InChI=1S/C32H23FN2O5S/c1-39-24-15-16-25-26(17-24)41-32(34-25)35-28(20-9-13-23(14-10-20)40-18-19-5-3-2-4-6-19)27(30(37)31(35)38)29(36)21-7-11-22(33)12-8-21/h2-17,28,36H,18H2,1H3/b29-27+. The molecule has 41 heavy (non-hydrogen) atoms. The molecule has 4 aromatic carbocycles. The summed E-state index contributed by atoms with van der Waals surface area (Å²) in [6.45, 7) is 0.373. The highest BCUT2D eigenvalue weighted by molar-refractivity contribution is 7.22. The van der Waals surface area contributed by atoms with Crippen LogP contribution in [0.3, 0.4) is 0 Å². The summed E-state index contributed by atoms with van der Waals surface area (Å²) in [5, 5.41) is 11.6. The number of halogens is 1. The number of ether oxygens (including phenoxy) is 2. The quantitative estimate of drug-likeness (QED) is 0.135. The third kappa shape index (κ3) is 5.03. The van der Waals surface area contributed by atoms with Gasteiger partial charge >= 0.3 is 5.91 Å². The van der Waals surface area contributed by atoms with E-state index in [0.717, 1.165) is 10.3 Å².